The van der Waals surface area contributed by atoms with Gasteiger partial charge in [-0.2, -0.15) is 0 Å². The van der Waals surface area contributed by atoms with Gasteiger partial charge in [0.25, 0.3) is 0 Å². The lowest BCUT2D eigenvalue weighted by Gasteiger charge is -2.30. The van der Waals surface area contributed by atoms with Gasteiger partial charge in [0.05, 0.1) is 5.60 Å². The van der Waals surface area contributed by atoms with E-state index in [4.69, 9.17) is 0 Å². The van der Waals surface area contributed by atoms with E-state index in [2.05, 4.69) is 20.8 Å². The number of halogens is 1. The second-order valence-electron chi connectivity index (χ2n) is 5.51. The van der Waals surface area contributed by atoms with Gasteiger partial charge in [-0.3, -0.25) is 4.79 Å². The molecule has 0 amide bonds. The number of benzene rings is 1. The number of hydrogen-bond acceptors (Lipinski definition) is 3. The number of likely N-dealkylation sites (N-methyl/N-ethyl adjacent to an activating group) is 1. The monoisotopic (exact) mass is 325 g/mol. The lowest BCUT2D eigenvalue weighted by Crippen LogP contribution is -2.39. The van der Waals surface area contributed by atoms with Gasteiger partial charge >= 0.3 is 0 Å². The Hall–Kier alpha value is -0.870. The lowest BCUT2D eigenvalue weighted by molar-refractivity contribution is 0.0559. The number of carbonyl (C=O) groups excluding carboxylic acids is 1. The maximum atomic E-state index is 11.4. The zero-order chi connectivity index (χ0) is 14.0. The van der Waals surface area contributed by atoms with E-state index in [1.807, 2.05) is 25.2 Å². The van der Waals surface area contributed by atoms with Crippen LogP contribution in [0.15, 0.2) is 22.7 Å². The van der Waals surface area contributed by atoms with Crippen LogP contribution in [0.1, 0.15) is 43.0 Å². The second kappa shape index (κ2) is 5.63. The molecule has 104 valence electrons. The molecule has 4 heteroatoms. The fourth-order valence-electron chi connectivity index (χ4n) is 2.75. The first kappa shape index (κ1) is 14.5. The minimum atomic E-state index is -0.555. The molecule has 1 N–H and O–H groups in total. The van der Waals surface area contributed by atoms with Gasteiger partial charge in [-0.25, -0.2) is 0 Å². The number of Topliss-reactive ketones (excluding diaryl/α,β-unsaturated/α-hetero) is 1. The van der Waals surface area contributed by atoms with Gasteiger partial charge in [0.1, 0.15) is 0 Å². The van der Waals surface area contributed by atoms with Crippen molar-refractivity contribution in [1.82, 2.24) is 0 Å². The zero-order valence-corrected chi connectivity index (χ0v) is 13.0. The van der Waals surface area contributed by atoms with Crippen LogP contribution >= 0.6 is 15.9 Å². The van der Waals surface area contributed by atoms with Crippen molar-refractivity contribution in [2.75, 3.05) is 18.5 Å². The molecule has 1 fully saturated rings. The largest absolute Gasteiger partial charge is 0.388 e. The zero-order valence-electron chi connectivity index (χ0n) is 11.4. The van der Waals surface area contributed by atoms with Crippen LogP contribution < -0.4 is 4.90 Å². The predicted molar refractivity (Wildman–Crippen MR) is 80.8 cm³/mol. The van der Waals surface area contributed by atoms with E-state index < -0.39 is 5.60 Å². The minimum absolute atomic E-state index is 0.0514. The maximum Gasteiger partial charge on any atom is 0.160 e. The molecule has 1 aromatic rings. The van der Waals surface area contributed by atoms with E-state index in [0.29, 0.717) is 12.1 Å². The molecule has 0 heterocycles. The van der Waals surface area contributed by atoms with E-state index in [-0.39, 0.29) is 5.78 Å². The molecule has 0 unspecified atom stereocenters. The molecule has 0 radical (unpaired) electrons. The van der Waals surface area contributed by atoms with Crippen molar-refractivity contribution in [3.8, 4) is 0 Å². The highest BCUT2D eigenvalue weighted by atomic mass is 79.9. The topological polar surface area (TPSA) is 40.5 Å². The summed E-state index contributed by atoms with van der Waals surface area (Å²) in [6, 6.07) is 5.70. The Morgan fingerprint density at radius 2 is 2.05 bits per heavy atom. The van der Waals surface area contributed by atoms with Crippen LogP contribution in [0, 0.1) is 0 Å². The molecule has 0 atom stereocenters. The SMILES string of the molecule is CC(=O)c1ccc(N(C)CC2(O)CCCC2)cc1Br. The predicted octanol–water partition coefficient (Wildman–Crippen LogP) is 3.39. The molecule has 0 aliphatic heterocycles. The number of hydrogen-bond donors (Lipinski definition) is 1. The Bertz CT molecular complexity index is 481. The average Bonchev–Trinajstić information content (AvgIpc) is 2.75. The minimum Gasteiger partial charge on any atom is -0.388 e. The number of nitrogens with zero attached hydrogens (tertiary/aromatic N) is 1. The third-order valence-corrected chi connectivity index (χ3v) is 4.49. The number of carbonyl (C=O) groups is 1. The van der Waals surface area contributed by atoms with Crippen molar-refractivity contribution >= 4 is 27.4 Å². The van der Waals surface area contributed by atoms with Crippen LogP contribution in [-0.4, -0.2) is 30.1 Å². The van der Waals surface area contributed by atoms with Crippen molar-refractivity contribution in [3.05, 3.63) is 28.2 Å². The number of aliphatic hydroxyl groups is 1. The first-order valence-electron chi connectivity index (χ1n) is 6.65. The molecule has 1 aliphatic carbocycles. The van der Waals surface area contributed by atoms with Crippen LogP contribution in [0.5, 0.6) is 0 Å². The maximum absolute atomic E-state index is 11.4. The Labute approximate surface area is 122 Å². The Morgan fingerprint density at radius 3 is 2.58 bits per heavy atom. The van der Waals surface area contributed by atoms with Crippen LogP contribution in [0.4, 0.5) is 5.69 Å². The number of anilines is 1. The molecule has 0 aromatic heterocycles. The molecule has 19 heavy (non-hydrogen) atoms. The van der Waals surface area contributed by atoms with Gasteiger partial charge in [-0.05, 0) is 53.9 Å². The van der Waals surface area contributed by atoms with Gasteiger partial charge in [0.15, 0.2) is 5.78 Å². The van der Waals surface area contributed by atoms with E-state index in [1.165, 1.54) is 0 Å². The smallest absolute Gasteiger partial charge is 0.160 e. The highest BCUT2D eigenvalue weighted by molar-refractivity contribution is 9.10. The summed E-state index contributed by atoms with van der Waals surface area (Å²) in [5.41, 5.74) is 1.15. The van der Waals surface area contributed by atoms with E-state index in [9.17, 15) is 9.90 Å². The number of rotatable bonds is 4. The highest BCUT2D eigenvalue weighted by Crippen LogP contribution is 2.32. The summed E-state index contributed by atoms with van der Waals surface area (Å²) >= 11 is 3.43. The fourth-order valence-corrected chi connectivity index (χ4v) is 3.40. The van der Waals surface area contributed by atoms with Gasteiger partial charge < -0.3 is 10.0 Å². The normalized spacial score (nSPS) is 17.5. The van der Waals surface area contributed by atoms with Gasteiger partial charge in [-0.15, -0.1) is 0 Å². The average molecular weight is 326 g/mol. The first-order chi connectivity index (χ1) is 8.91. The molecule has 0 spiro atoms. The van der Waals surface area contributed by atoms with Crippen molar-refractivity contribution in [3.63, 3.8) is 0 Å². The molecule has 1 aromatic carbocycles. The lowest BCUT2D eigenvalue weighted by atomic mass is 10.0. The van der Waals surface area contributed by atoms with Gasteiger partial charge in [0.2, 0.25) is 0 Å². The van der Waals surface area contributed by atoms with Crippen molar-refractivity contribution < 1.29 is 9.90 Å². The molecule has 1 aliphatic rings. The molecule has 0 bridgehead atoms. The summed E-state index contributed by atoms with van der Waals surface area (Å²) in [4.78, 5) is 13.4. The molecule has 2 rings (SSSR count). The molecule has 3 nitrogen and oxygen atoms in total. The highest BCUT2D eigenvalue weighted by Gasteiger charge is 2.32. The standard InChI is InChI=1S/C15H20BrNO2/c1-11(18)13-6-5-12(9-14(13)16)17(2)10-15(19)7-3-4-8-15/h5-6,9,19H,3-4,7-8,10H2,1-2H3. The Morgan fingerprint density at radius 1 is 1.42 bits per heavy atom. The quantitative estimate of drug-likeness (QED) is 0.862. The van der Waals surface area contributed by atoms with E-state index >= 15 is 0 Å². The second-order valence-corrected chi connectivity index (χ2v) is 6.36. The van der Waals surface area contributed by atoms with Crippen LogP contribution in [0.25, 0.3) is 0 Å². The third-order valence-electron chi connectivity index (χ3n) is 3.84. The van der Waals surface area contributed by atoms with Crippen molar-refractivity contribution in [2.45, 2.75) is 38.2 Å². The Kier molecular flexibility index (Phi) is 4.31. The van der Waals surface area contributed by atoms with E-state index in [0.717, 1.165) is 35.8 Å². The van der Waals surface area contributed by atoms with Crippen molar-refractivity contribution in [1.29, 1.82) is 0 Å². The molecular formula is C15H20BrNO2. The third kappa shape index (κ3) is 3.37. The Balaban J connectivity index is 2.13. The first-order valence-corrected chi connectivity index (χ1v) is 7.45. The summed E-state index contributed by atoms with van der Waals surface area (Å²) in [5, 5.41) is 10.4. The van der Waals surface area contributed by atoms with Crippen LogP contribution in [0.3, 0.4) is 0 Å². The summed E-state index contributed by atoms with van der Waals surface area (Å²) in [5.74, 6) is 0.0514. The summed E-state index contributed by atoms with van der Waals surface area (Å²) < 4.78 is 0.808. The molecule has 0 saturated heterocycles. The van der Waals surface area contributed by atoms with Crippen LogP contribution in [-0.2, 0) is 0 Å². The number of ketones is 1. The van der Waals surface area contributed by atoms with Gasteiger partial charge in [-0.1, -0.05) is 12.8 Å². The fraction of sp³-hybridized carbons (Fsp3) is 0.533. The molecular weight excluding hydrogens is 306 g/mol. The summed E-state index contributed by atoms with van der Waals surface area (Å²) in [7, 11) is 1.98. The van der Waals surface area contributed by atoms with Crippen molar-refractivity contribution in [2.24, 2.45) is 0 Å². The van der Waals surface area contributed by atoms with Crippen LogP contribution in [0.2, 0.25) is 0 Å². The van der Waals surface area contributed by atoms with Gasteiger partial charge in [0, 0.05) is 29.3 Å². The summed E-state index contributed by atoms with van der Waals surface area (Å²) in [6.07, 6.45) is 3.97. The van der Waals surface area contributed by atoms with E-state index in [1.54, 1.807) is 6.92 Å². The molecule has 1 saturated carbocycles. The summed E-state index contributed by atoms with van der Waals surface area (Å²) in [6.45, 7) is 2.20.